The van der Waals surface area contributed by atoms with Crippen LogP contribution in [0.25, 0.3) is 86.7 Å². The van der Waals surface area contributed by atoms with Crippen LogP contribution >= 0.6 is 92.8 Å². The summed E-state index contributed by atoms with van der Waals surface area (Å²) in [4.78, 5) is 15.5. The summed E-state index contributed by atoms with van der Waals surface area (Å²) in [6.07, 6.45) is -19.3. The fourth-order valence-electron chi connectivity index (χ4n) is 8.00. The van der Waals surface area contributed by atoms with Gasteiger partial charge in [0.05, 0.1) is 107 Å². The molecule has 0 fully saturated rings. The summed E-state index contributed by atoms with van der Waals surface area (Å²) in [7, 11) is 0. The lowest BCUT2D eigenvalue weighted by Crippen LogP contribution is -2.04. The third-order valence-electron chi connectivity index (χ3n) is 11.4. The number of hydrogen-bond donors (Lipinski definition) is 2. The molecule has 8 bridgehead atoms. The van der Waals surface area contributed by atoms with Gasteiger partial charge in [0.1, 0.15) is 0 Å². The van der Waals surface area contributed by atoms with Crippen molar-refractivity contribution in [1.29, 1.82) is 0 Å². The van der Waals surface area contributed by atoms with Crippen molar-refractivity contribution in [2.75, 3.05) is 0 Å². The molecule has 2 aliphatic heterocycles. The molecule has 2 N–H and O–H groups in total. The Bertz CT molecular complexity index is 3160. The maximum absolute atomic E-state index is 14.0. The monoisotopic (exact) mass is 1160 g/mol. The molecule has 0 unspecified atom stereocenters. The lowest BCUT2D eigenvalue weighted by molar-refractivity contribution is -0.138. The van der Waals surface area contributed by atoms with E-state index in [1.165, 1.54) is 0 Å². The first-order valence-corrected chi connectivity index (χ1v) is 23.0. The van der Waals surface area contributed by atoms with Gasteiger partial charge in [-0.2, -0.15) is 52.7 Å². The van der Waals surface area contributed by atoms with E-state index < -0.39 is 67.1 Å². The molecule has 370 valence electrons. The molecule has 0 amide bonds. The number of nitrogens with one attached hydrogen (secondary N) is 2. The third kappa shape index (κ3) is 9.09. The minimum Gasteiger partial charge on any atom is -0.352 e. The van der Waals surface area contributed by atoms with Crippen LogP contribution in [0.5, 0.6) is 0 Å². The van der Waals surface area contributed by atoms with E-state index in [-0.39, 0.29) is 109 Å². The predicted octanol–water partition coefficient (Wildman–Crippen LogP) is 20.3. The molecule has 0 saturated heterocycles. The van der Waals surface area contributed by atoms with Crippen molar-refractivity contribution in [3.8, 4) is 44.5 Å². The van der Waals surface area contributed by atoms with Crippen molar-refractivity contribution < 1.29 is 52.7 Å². The minimum absolute atomic E-state index is 0.0703. The molecule has 3 aromatic heterocycles. The van der Waals surface area contributed by atoms with Gasteiger partial charge >= 0.3 is 24.7 Å². The van der Waals surface area contributed by atoms with Crippen LogP contribution in [0.15, 0.2) is 97.1 Å². The van der Waals surface area contributed by atoms with Gasteiger partial charge < -0.3 is 9.97 Å². The zero-order valence-electron chi connectivity index (χ0n) is 34.7. The Labute approximate surface area is 436 Å². The number of H-pyrrole nitrogens is 2. The third-order valence-corrected chi connectivity index (χ3v) is 14.7. The average Bonchev–Trinajstić information content (AvgIpc) is 3.97. The summed E-state index contributed by atoms with van der Waals surface area (Å²) < 4.78 is 168. The molecule has 4 nitrogen and oxygen atoms in total. The van der Waals surface area contributed by atoms with Gasteiger partial charge in [0.25, 0.3) is 0 Å². The highest BCUT2D eigenvalue weighted by Crippen LogP contribution is 2.53. The molecule has 0 aliphatic carbocycles. The van der Waals surface area contributed by atoms with Crippen LogP contribution in [0.1, 0.15) is 45.0 Å². The van der Waals surface area contributed by atoms with E-state index in [0.717, 1.165) is 97.1 Å². The van der Waals surface area contributed by atoms with E-state index in [4.69, 9.17) is 103 Å². The van der Waals surface area contributed by atoms with Crippen LogP contribution in [0.2, 0.25) is 20.1 Å². The largest absolute Gasteiger partial charge is 0.416 e. The molecule has 24 heteroatoms. The molecule has 72 heavy (non-hydrogen) atoms. The van der Waals surface area contributed by atoms with Crippen LogP contribution in [0.4, 0.5) is 52.7 Å². The zero-order chi connectivity index (χ0) is 52.3. The summed E-state index contributed by atoms with van der Waals surface area (Å²) >= 11 is 56.4. The van der Waals surface area contributed by atoms with Crippen LogP contribution in [-0.4, -0.2) is 19.9 Å². The van der Waals surface area contributed by atoms with Gasteiger partial charge in [-0.05, 0) is 70.8 Å². The van der Waals surface area contributed by atoms with Crippen molar-refractivity contribution in [3.05, 3.63) is 162 Å². The van der Waals surface area contributed by atoms with Gasteiger partial charge in [-0.1, -0.05) is 141 Å². The second kappa shape index (κ2) is 18.4. The van der Waals surface area contributed by atoms with Gasteiger partial charge in [-0.15, -0.1) is 0 Å². The van der Waals surface area contributed by atoms with E-state index in [0.29, 0.717) is 0 Å². The Hall–Kier alpha value is -5.04. The molecular weight excluding hydrogens is 1140 g/mol. The standard InChI is InChI=1S/C48H18Cl8F12N4/c49-29-31(51)39-26(18-3-11-22(12-4-18)46(60,61)62)41-33(53)35(55)43(71-41)28(20-7-15-24(16-8-20)48(66,67)68)44-36(56)34(54)42(72-44)27(19-5-13-23(14-6-19)47(63,64)65)40-32(52)30(50)38(70-40)25(37(29)69-39)17-1-9-21(10-2-17)45(57,58)59/h1-16,69,72H. The summed E-state index contributed by atoms with van der Waals surface area (Å²) in [5.74, 6) is 0. The number of rotatable bonds is 4. The zero-order valence-corrected chi connectivity index (χ0v) is 40.7. The number of nitrogens with zero attached hydrogens (tertiary/aromatic N) is 2. The highest BCUT2D eigenvalue weighted by Gasteiger charge is 2.36. The smallest absolute Gasteiger partial charge is 0.352 e. The second-order valence-electron chi connectivity index (χ2n) is 15.7. The Kier molecular flexibility index (Phi) is 13.3. The SMILES string of the molecule is FC(F)(F)c1ccc(-c2c3nc(c(-c4ccc(C(F)(F)F)cc4)c4[nH]c(c(Cl)c4Cl)c(-c4ccc(C(F)(F)F)cc4)c4nc(c(-c5ccc(C(F)(F)F)cc5)c5[nH]c2c(Cl)c5Cl)C(Cl)=C4Cl)C(Cl)=C3Cl)cc1. The summed E-state index contributed by atoms with van der Waals surface area (Å²) in [6.45, 7) is 0. The summed E-state index contributed by atoms with van der Waals surface area (Å²) in [5.41, 5.74) is -7.63. The minimum atomic E-state index is -4.82. The molecular formula is C48H18Cl8F12N4. The molecule has 5 heterocycles. The Morgan fingerprint density at radius 2 is 0.444 bits per heavy atom. The van der Waals surface area contributed by atoms with Crippen molar-refractivity contribution in [2.45, 2.75) is 24.7 Å². The quantitative estimate of drug-likeness (QED) is 0.173. The van der Waals surface area contributed by atoms with Crippen molar-refractivity contribution in [1.82, 2.24) is 19.9 Å². The first-order valence-electron chi connectivity index (χ1n) is 20.0. The molecule has 0 radical (unpaired) electrons. The number of aromatic amines is 2. The lowest BCUT2D eigenvalue weighted by atomic mass is 10.0. The summed E-state index contributed by atoms with van der Waals surface area (Å²) in [5, 5.41) is -3.16. The first-order chi connectivity index (χ1) is 33.6. The molecule has 0 saturated carbocycles. The highest BCUT2D eigenvalue weighted by atomic mass is 35.5. The number of alkyl halides is 12. The van der Waals surface area contributed by atoms with Crippen molar-refractivity contribution in [3.63, 3.8) is 0 Å². The normalized spacial score (nSPS) is 13.7. The van der Waals surface area contributed by atoms with Crippen molar-refractivity contribution >= 4 is 135 Å². The number of fused-ring (bicyclic) bond motifs is 8. The topological polar surface area (TPSA) is 57.4 Å². The molecule has 0 spiro atoms. The van der Waals surface area contributed by atoms with E-state index in [1.807, 2.05) is 0 Å². The van der Waals surface area contributed by atoms with E-state index >= 15 is 0 Å². The highest BCUT2D eigenvalue weighted by molar-refractivity contribution is 6.67. The number of hydrogen-bond acceptors (Lipinski definition) is 2. The number of benzene rings is 4. The van der Waals surface area contributed by atoms with E-state index in [2.05, 4.69) is 9.97 Å². The fourth-order valence-corrected chi connectivity index (χ4v) is 9.85. The van der Waals surface area contributed by atoms with Crippen molar-refractivity contribution in [2.24, 2.45) is 0 Å². The second-order valence-corrected chi connectivity index (χ2v) is 18.7. The maximum Gasteiger partial charge on any atom is 0.416 e. The van der Waals surface area contributed by atoms with E-state index in [1.54, 1.807) is 0 Å². The van der Waals surface area contributed by atoms with Crippen LogP contribution < -0.4 is 0 Å². The summed E-state index contributed by atoms with van der Waals surface area (Å²) in [6, 6.07) is 14.1. The number of aromatic nitrogens is 4. The molecule has 9 rings (SSSR count). The molecule has 2 aliphatic rings. The first kappa shape index (κ1) is 51.8. The van der Waals surface area contributed by atoms with Crippen LogP contribution in [0, 0.1) is 0 Å². The van der Waals surface area contributed by atoms with E-state index in [9.17, 15) is 52.7 Å². The maximum atomic E-state index is 14.0. The molecule has 4 aromatic carbocycles. The van der Waals surface area contributed by atoms with Gasteiger partial charge in [0.2, 0.25) is 0 Å². The Balaban J connectivity index is 1.57. The Morgan fingerprint density at radius 1 is 0.278 bits per heavy atom. The van der Waals surface area contributed by atoms with Crippen LogP contribution in [0.3, 0.4) is 0 Å². The van der Waals surface area contributed by atoms with Gasteiger partial charge in [-0.25, -0.2) is 9.97 Å². The molecule has 0 atom stereocenters. The fraction of sp³-hybridized carbons (Fsp3) is 0.0833. The predicted molar refractivity (Wildman–Crippen MR) is 260 cm³/mol. The molecule has 7 aromatic rings. The average molecular weight is 1160 g/mol. The Morgan fingerprint density at radius 3 is 0.597 bits per heavy atom. The van der Waals surface area contributed by atoms with Gasteiger partial charge in [0.15, 0.2) is 0 Å². The van der Waals surface area contributed by atoms with Gasteiger partial charge in [-0.3, -0.25) is 0 Å². The van der Waals surface area contributed by atoms with Gasteiger partial charge in [0, 0.05) is 22.3 Å². The lowest BCUT2D eigenvalue weighted by Gasteiger charge is -2.10. The number of halogens is 20. The van der Waals surface area contributed by atoms with Crippen LogP contribution in [-0.2, 0) is 24.7 Å².